The van der Waals surface area contributed by atoms with Gasteiger partial charge in [0.2, 0.25) is 5.91 Å². The maximum atomic E-state index is 13.3. The highest BCUT2D eigenvalue weighted by atomic mass is 32.2. The first-order valence-corrected chi connectivity index (χ1v) is 13.5. The average Bonchev–Trinajstić information content (AvgIpc) is 3.45. The summed E-state index contributed by atoms with van der Waals surface area (Å²) >= 11 is 1.49. The molecule has 1 saturated heterocycles. The molecule has 2 heterocycles. The topological polar surface area (TPSA) is 70.7 Å². The van der Waals surface area contributed by atoms with Crippen molar-refractivity contribution in [1.29, 1.82) is 0 Å². The van der Waals surface area contributed by atoms with Crippen LogP contribution < -0.4 is 15.5 Å². The van der Waals surface area contributed by atoms with Gasteiger partial charge < -0.3 is 20.3 Å². The minimum absolute atomic E-state index is 0.0668. The third kappa shape index (κ3) is 6.09. The van der Waals surface area contributed by atoms with Gasteiger partial charge >= 0.3 is 0 Å². The van der Waals surface area contributed by atoms with Crippen molar-refractivity contribution in [1.82, 2.24) is 5.32 Å². The molecule has 1 fully saturated rings. The van der Waals surface area contributed by atoms with Crippen LogP contribution in [0.15, 0.2) is 77.7 Å². The van der Waals surface area contributed by atoms with Crippen LogP contribution in [0.1, 0.15) is 34.3 Å². The molecule has 0 saturated carbocycles. The summed E-state index contributed by atoms with van der Waals surface area (Å²) in [7, 11) is 0. The molecule has 2 amide bonds. The predicted molar refractivity (Wildman–Crippen MR) is 145 cm³/mol. The second-order valence-corrected chi connectivity index (χ2v) is 10.2. The number of hydrogen-bond acceptors (Lipinski definition) is 5. The number of rotatable bonds is 8. The van der Waals surface area contributed by atoms with Gasteiger partial charge in [0.05, 0.1) is 17.4 Å². The molecule has 2 aliphatic rings. The highest BCUT2D eigenvalue weighted by molar-refractivity contribution is 8.00. The molecule has 2 aliphatic heterocycles. The van der Waals surface area contributed by atoms with Gasteiger partial charge in [0.25, 0.3) is 5.91 Å². The number of nitrogens with one attached hydrogen (secondary N) is 2. The highest BCUT2D eigenvalue weighted by Crippen LogP contribution is 2.30. The van der Waals surface area contributed by atoms with Gasteiger partial charge in [-0.2, -0.15) is 0 Å². The number of amides is 2. The third-order valence-corrected chi connectivity index (χ3v) is 7.64. The van der Waals surface area contributed by atoms with Gasteiger partial charge in [0.15, 0.2) is 0 Å². The van der Waals surface area contributed by atoms with Crippen LogP contribution in [0, 0.1) is 0 Å². The molecule has 0 radical (unpaired) electrons. The van der Waals surface area contributed by atoms with Crippen molar-refractivity contribution in [2.45, 2.75) is 36.8 Å². The predicted octanol–water partition coefficient (Wildman–Crippen LogP) is 4.89. The summed E-state index contributed by atoms with van der Waals surface area (Å²) in [5.41, 5.74) is 4.71. The largest absolute Gasteiger partial charge is 0.376 e. The Balaban J connectivity index is 1.32. The van der Waals surface area contributed by atoms with Crippen LogP contribution in [0.4, 0.5) is 11.4 Å². The van der Waals surface area contributed by atoms with Crippen molar-refractivity contribution >= 4 is 35.0 Å². The van der Waals surface area contributed by atoms with Gasteiger partial charge in [0, 0.05) is 42.5 Å². The van der Waals surface area contributed by atoms with Gasteiger partial charge in [-0.3, -0.25) is 9.59 Å². The zero-order valence-electron chi connectivity index (χ0n) is 20.2. The zero-order chi connectivity index (χ0) is 24.7. The van der Waals surface area contributed by atoms with E-state index in [1.165, 1.54) is 22.9 Å². The van der Waals surface area contributed by atoms with Crippen molar-refractivity contribution in [2.24, 2.45) is 0 Å². The fourth-order valence-electron chi connectivity index (χ4n) is 4.74. The van der Waals surface area contributed by atoms with Gasteiger partial charge in [0.1, 0.15) is 0 Å². The Bertz CT molecular complexity index is 1210. The second-order valence-electron chi connectivity index (χ2n) is 9.17. The maximum absolute atomic E-state index is 13.3. The van der Waals surface area contributed by atoms with Crippen LogP contribution in [0.2, 0.25) is 0 Å². The number of benzene rings is 3. The summed E-state index contributed by atoms with van der Waals surface area (Å²) in [5.74, 6) is 0.0539. The van der Waals surface area contributed by atoms with Crippen LogP contribution in [-0.4, -0.2) is 43.4 Å². The van der Waals surface area contributed by atoms with Gasteiger partial charge in [-0.25, -0.2) is 0 Å². The quantitative estimate of drug-likeness (QED) is 0.430. The smallest absolute Gasteiger partial charge is 0.253 e. The summed E-state index contributed by atoms with van der Waals surface area (Å²) in [6.07, 6.45) is 2.99. The number of fused-ring (bicyclic) bond motifs is 1. The monoisotopic (exact) mass is 501 g/mol. The number of carbonyl (C=O) groups excluding carboxylic acids is 2. The Morgan fingerprint density at radius 3 is 2.61 bits per heavy atom. The standard InChI is InChI=1S/C29H31N3O3S/c33-28(20-36-25-10-2-1-3-11-25)31-23-12-13-27(32-15-14-21-7-4-5-8-22(21)19-32)26(17-23)29(34)30-18-24-9-6-16-35-24/h1-5,7-8,10-13,17,24H,6,9,14-16,18-20H2,(H,30,34)(H,31,33). The number of anilines is 2. The first-order chi connectivity index (χ1) is 17.7. The molecule has 1 unspecified atom stereocenters. The summed E-state index contributed by atoms with van der Waals surface area (Å²) < 4.78 is 5.68. The normalized spacial score (nSPS) is 16.9. The van der Waals surface area contributed by atoms with E-state index in [1.54, 1.807) is 6.07 Å². The number of hydrogen-bond donors (Lipinski definition) is 2. The summed E-state index contributed by atoms with van der Waals surface area (Å²) in [4.78, 5) is 29.3. The Morgan fingerprint density at radius 1 is 1.00 bits per heavy atom. The van der Waals surface area contributed by atoms with E-state index in [-0.39, 0.29) is 17.9 Å². The lowest BCUT2D eigenvalue weighted by molar-refractivity contribution is -0.113. The first-order valence-electron chi connectivity index (χ1n) is 12.5. The number of thioether (sulfide) groups is 1. The molecular formula is C29H31N3O3S. The Labute approximate surface area is 216 Å². The lowest BCUT2D eigenvalue weighted by atomic mass is 9.98. The van der Waals surface area contributed by atoms with Gasteiger partial charge in [-0.05, 0) is 60.7 Å². The van der Waals surface area contributed by atoms with Gasteiger partial charge in [-0.15, -0.1) is 11.8 Å². The second kappa shape index (κ2) is 11.6. The summed E-state index contributed by atoms with van der Waals surface area (Å²) in [6, 6.07) is 23.9. The molecule has 3 aromatic rings. The maximum Gasteiger partial charge on any atom is 0.253 e. The number of nitrogens with zero attached hydrogens (tertiary/aromatic N) is 1. The lowest BCUT2D eigenvalue weighted by Crippen LogP contribution is -2.35. The number of ether oxygens (including phenoxy) is 1. The Morgan fingerprint density at radius 2 is 1.81 bits per heavy atom. The molecule has 0 aliphatic carbocycles. The van der Waals surface area contributed by atoms with Crippen molar-refractivity contribution in [3.05, 3.63) is 89.5 Å². The highest BCUT2D eigenvalue weighted by Gasteiger charge is 2.23. The molecule has 3 aromatic carbocycles. The SMILES string of the molecule is O=C(CSc1ccccc1)Nc1ccc(N2CCc3ccccc3C2)c(C(=O)NCC2CCCO2)c1. The molecule has 6 nitrogen and oxygen atoms in total. The zero-order valence-corrected chi connectivity index (χ0v) is 21.1. The molecule has 0 aromatic heterocycles. The molecule has 1 atom stereocenters. The van der Waals surface area contributed by atoms with E-state index < -0.39 is 0 Å². The van der Waals surface area contributed by atoms with Crippen molar-refractivity contribution < 1.29 is 14.3 Å². The van der Waals surface area contributed by atoms with Crippen LogP contribution in [0.5, 0.6) is 0 Å². The van der Waals surface area contributed by atoms with Crippen molar-refractivity contribution in [3.8, 4) is 0 Å². The van der Waals surface area contributed by atoms with E-state index in [0.29, 0.717) is 23.5 Å². The fraction of sp³-hybridized carbons (Fsp3) is 0.310. The summed E-state index contributed by atoms with van der Waals surface area (Å²) in [5, 5.41) is 6.03. The van der Waals surface area contributed by atoms with E-state index in [4.69, 9.17) is 4.74 Å². The van der Waals surface area contributed by atoms with E-state index >= 15 is 0 Å². The minimum atomic E-state index is -0.144. The molecule has 2 N–H and O–H groups in total. The van der Waals surface area contributed by atoms with Crippen LogP contribution in [0.3, 0.4) is 0 Å². The molecular weight excluding hydrogens is 470 g/mol. The molecule has 5 rings (SSSR count). The first kappa shape index (κ1) is 24.4. The van der Waals surface area contributed by atoms with Crippen LogP contribution >= 0.6 is 11.8 Å². The average molecular weight is 502 g/mol. The van der Waals surface area contributed by atoms with Crippen molar-refractivity contribution in [3.63, 3.8) is 0 Å². The van der Waals surface area contributed by atoms with Crippen LogP contribution in [0.25, 0.3) is 0 Å². The molecule has 0 spiro atoms. The lowest BCUT2D eigenvalue weighted by Gasteiger charge is -2.32. The van der Waals surface area contributed by atoms with E-state index in [0.717, 1.165) is 49.5 Å². The van der Waals surface area contributed by atoms with E-state index in [9.17, 15) is 9.59 Å². The molecule has 36 heavy (non-hydrogen) atoms. The Hall–Kier alpha value is -3.29. The fourth-order valence-corrected chi connectivity index (χ4v) is 5.46. The molecule has 186 valence electrons. The van der Waals surface area contributed by atoms with Crippen LogP contribution in [-0.2, 0) is 22.5 Å². The molecule has 7 heteroatoms. The van der Waals surface area contributed by atoms with Gasteiger partial charge in [-0.1, -0.05) is 42.5 Å². The summed E-state index contributed by atoms with van der Waals surface area (Å²) in [6.45, 7) is 2.83. The Kier molecular flexibility index (Phi) is 7.88. The third-order valence-electron chi connectivity index (χ3n) is 6.62. The van der Waals surface area contributed by atoms with E-state index in [2.05, 4.69) is 39.8 Å². The molecule has 0 bridgehead atoms. The minimum Gasteiger partial charge on any atom is -0.376 e. The number of carbonyl (C=O) groups is 2. The van der Waals surface area contributed by atoms with Crippen molar-refractivity contribution in [2.75, 3.05) is 35.7 Å². The van der Waals surface area contributed by atoms with E-state index in [1.807, 2.05) is 42.5 Å².